The zero-order chi connectivity index (χ0) is 10.1. The largest absolute Gasteiger partial charge is 0.295 e. The van der Waals surface area contributed by atoms with E-state index in [0.29, 0.717) is 5.78 Å². The maximum absolute atomic E-state index is 11.3. The van der Waals surface area contributed by atoms with E-state index in [-0.39, 0.29) is 0 Å². The molecule has 1 heteroatoms. The molecule has 0 fully saturated rings. The van der Waals surface area contributed by atoms with E-state index in [4.69, 9.17) is 0 Å². The topological polar surface area (TPSA) is 17.1 Å². The zero-order valence-corrected chi connectivity index (χ0v) is 9.23. The lowest BCUT2D eigenvalue weighted by atomic mass is 10.1. The van der Waals surface area contributed by atoms with E-state index in [1.165, 1.54) is 18.4 Å². The van der Waals surface area contributed by atoms with Gasteiger partial charge in [-0.05, 0) is 32.3 Å². The minimum atomic E-state index is 0.301. The van der Waals surface area contributed by atoms with Gasteiger partial charge in [0.15, 0.2) is 5.78 Å². The lowest BCUT2D eigenvalue weighted by Crippen LogP contribution is -1.93. The first-order valence-corrected chi connectivity index (χ1v) is 5.40. The zero-order valence-electron chi connectivity index (χ0n) is 9.23. The SMILES string of the molecule is CCCCC(=O)/C=C(/C)CCCC. The van der Waals surface area contributed by atoms with Gasteiger partial charge in [0.2, 0.25) is 0 Å². The van der Waals surface area contributed by atoms with Crippen LogP contribution in [0.1, 0.15) is 59.3 Å². The van der Waals surface area contributed by atoms with Crippen LogP contribution >= 0.6 is 0 Å². The summed E-state index contributed by atoms with van der Waals surface area (Å²) in [5.41, 5.74) is 1.24. The summed E-state index contributed by atoms with van der Waals surface area (Å²) in [5, 5.41) is 0. The molecule has 0 aromatic heterocycles. The quantitative estimate of drug-likeness (QED) is 0.546. The van der Waals surface area contributed by atoms with Crippen LogP contribution in [-0.4, -0.2) is 5.78 Å². The second-order valence-electron chi connectivity index (χ2n) is 3.66. The fourth-order valence-corrected chi connectivity index (χ4v) is 1.23. The van der Waals surface area contributed by atoms with E-state index < -0.39 is 0 Å². The first-order valence-electron chi connectivity index (χ1n) is 5.40. The third-order valence-corrected chi connectivity index (χ3v) is 2.11. The van der Waals surface area contributed by atoms with Crippen molar-refractivity contribution < 1.29 is 4.79 Å². The minimum absolute atomic E-state index is 0.301. The number of allylic oxidation sites excluding steroid dienone is 2. The van der Waals surface area contributed by atoms with Gasteiger partial charge >= 0.3 is 0 Å². The van der Waals surface area contributed by atoms with Crippen LogP contribution in [0.4, 0.5) is 0 Å². The Morgan fingerprint density at radius 1 is 1.08 bits per heavy atom. The number of unbranched alkanes of at least 4 members (excludes halogenated alkanes) is 2. The van der Waals surface area contributed by atoms with Crippen molar-refractivity contribution in [2.45, 2.75) is 59.3 Å². The highest BCUT2D eigenvalue weighted by atomic mass is 16.1. The number of hydrogen-bond acceptors (Lipinski definition) is 1. The van der Waals surface area contributed by atoms with E-state index in [1.54, 1.807) is 0 Å². The lowest BCUT2D eigenvalue weighted by Gasteiger charge is -1.98. The van der Waals surface area contributed by atoms with Crippen molar-refractivity contribution >= 4 is 5.78 Å². The van der Waals surface area contributed by atoms with E-state index in [1.807, 2.05) is 6.08 Å². The summed E-state index contributed by atoms with van der Waals surface area (Å²) in [4.78, 5) is 11.3. The fourth-order valence-electron chi connectivity index (χ4n) is 1.23. The van der Waals surface area contributed by atoms with Crippen molar-refractivity contribution in [1.82, 2.24) is 0 Å². The standard InChI is InChI=1S/C12H22O/c1-4-6-8-11(3)10-12(13)9-7-5-2/h10H,4-9H2,1-3H3/b11-10-. The predicted octanol–water partition coefficient (Wildman–Crippen LogP) is 3.88. The lowest BCUT2D eigenvalue weighted by molar-refractivity contribution is -0.114. The second-order valence-corrected chi connectivity index (χ2v) is 3.66. The van der Waals surface area contributed by atoms with Crippen molar-refractivity contribution in [3.8, 4) is 0 Å². The molecule has 0 aromatic carbocycles. The van der Waals surface area contributed by atoms with Crippen LogP contribution in [-0.2, 0) is 4.79 Å². The van der Waals surface area contributed by atoms with Gasteiger partial charge in [0, 0.05) is 6.42 Å². The van der Waals surface area contributed by atoms with Crippen LogP contribution in [0, 0.1) is 0 Å². The smallest absolute Gasteiger partial charge is 0.155 e. The number of rotatable bonds is 7. The molecule has 0 rings (SSSR count). The maximum atomic E-state index is 11.3. The first kappa shape index (κ1) is 12.4. The Morgan fingerprint density at radius 2 is 1.62 bits per heavy atom. The van der Waals surface area contributed by atoms with Gasteiger partial charge in [-0.15, -0.1) is 0 Å². The van der Waals surface area contributed by atoms with Crippen molar-refractivity contribution in [3.63, 3.8) is 0 Å². The minimum Gasteiger partial charge on any atom is -0.295 e. The molecule has 0 spiro atoms. The highest BCUT2D eigenvalue weighted by Crippen LogP contribution is 2.07. The maximum Gasteiger partial charge on any atom is 0.155 e. The van der Waals surface area contributed by atoms with Crippen LogP contribution in [0.25, 0.3) is 0 Å². The normalized spacial score (nSPS) is 11.8. The summed E-state index contributed by atoms with van der Waals surface area (Å²) in [6.07, 6.45) is 8.15. The van der Waals surface area contributed by atoms with Crippen molar-refractivity contribution in [3.05, 3.63) is 11.6 Å². The molecule has 0 aliphatic carbocycles. The molecule has 0 aliphatic rings. The number of hydrogen-bond donors (Lipinski definition) is 0. The van der Waals surface area contributed by atoms with Crippen LogP contribution in [0.5, 0.6) is 0 Å². The van der Waals surface area contributed by atoms with Gasteiger partial charge in [-0.2, -0.15) is 0 Å². The molecule has 0 aromatic rings. The molecular formula is C12H22O. The molecule has 0 heterocycles. The molecule has 0 N–H and O–H groups in total. The van der Waals surface area contributed by atoms with Crippen molar-refractivity contribution in [2.75, 3.05) is 0 Å². The fraction of sp³-hybridized carbons (Fsp3) is 0.750. The van der Waals surface area contributed by atoms with Gasteiger partial charge in [-0.3, -0.25) is 4.79 Å². The molecule has 0 bridgehead atoms. The van der Waals surface area contributed by atoms with Gasteiger partial charge in [0.25, 0.3) is 0 Å². The molecule has 0 unspecified atom stereocenters. The van der Waals surface area contributed by atoms with Gasteiger partial charge in [-0.1, -0.05) is 32.3 Å². The van der Waals surface area contributed by atoms with Crippen LogP contribution in [0.3, 0.4) is 0 Å². The molecular weight excluding hydrogens is 160 g/mol. The summed E-state index contributed by atoms with van der Waals surface area (Å²) in [7, 11) is 0. The van der Waals surface area contributed by atoms with E-state index in [9.17, 15) is 4.79 Å². The van der Waals surface area contributed by atoms with E-state index in [2.05, 4.69) is 20.8 Å². The molecule has 76 valence electrons. The Balaban J connectivity index is 3.70. The Kier molecular flexibility index (Phi) is 7.66. The Morgan fingerprint density at radius 3 is 2.15 bits per heavy atom. The van der Waals surface area contributed by atoms with Crippen LogP contribution < -0.4 is 0 Å². The molecule has 0 radical (unpaired) electrons. The Hall–Kier alpha value is -0.590. The average Bonchev–Trinajstić information content (AvgIpc) is 2.11. The first-order chi connectivity index (χ1) is 6.20. The van der Waals surface area contributed by atoms with Crippen LogP contribution in [0.2, 0.25) is 0 Å². The van der Waals surface area contributed by atoms with E-state index in [0.717, 1.165) is 25.7 Å². The molecule has 0 saturated carbocycles. The summed E-state index contributed by atoms with van der Waals surface area (Å²) in [6.45, 7) is 6.34. The molecule has 13 heavy (non-hydrogen) atoms. The highest BCUT2D eigenvalue weighted by Gasteiger charge is 1.97. The third-order valence-electron chi connectivity index (χ3n) is 2.11. The summed E-state index contributed by atoms with van der Waals surface area (Å²) in [5.74, 6) is 0.301. The number of carbonyl (C=O) groups is 1. The monoisotopic (exact) mass is 182 g/mol. The number of ketones is 1. The molecule has 0 saturated heterocycles. The summed E-state index contributed by atoms with van der Waals surface area (Å²) in [6, 6.07) is 0. The summed E-state index contributed by atoms with van der Waals surface area (Å²) < 4.78 is 0. The Bertz CT molecular complexity index is 168. The molecule has 0 atom stereocenters. The van der Waals surface area contributed by atoms with Gasteiger partial charge in [0.05, 0.1) is 0 Å². The second kappa shape index (κ2) is 8.03. The number of carbonyl (C=O) groups excluding carboxylic acids is 1. The highest BCUT2D eigenvalue weighted by molar-refractivity contribution is 5.90. The summed E-state index contributed by atoms with van der Waals surface area (Å²) >= 11 is 0. The average molecular weight is 182 g/mol. The van der Waals surface area contributed by atoms with Crippen molar-refractivity contribution in [2.24, 2.45) is 0 Å². The van der Waals surface area contributed by atoms with Crippen molar-refractivity contribution in [1.29, 1.82) is 0 Å². The van der Waals surface area contributed by atoms with Gasteiger partial charge in [-0.25, -0.2) is 0 Å². The molecule has 0 aliphatic heterocycles. The third kappa shape index (κ3) is 7.76. The van der Waals surface area contributed by atoms with E-state index >= 15 is 0 Å². The molecule has 0 amide bonds. The Labute approximate surface area is 82.2 Å². The van der Waals surface area contributed by atoms with Gasteiger partial charge in [0.1, 0.15) is 0 Å². The predicted molar refractivity (Wildman–Crippen MR) is 57.8 cm³/mol. The van der Waals surface area contributed by atoms with Crippen LogP contribution in [0.15, 0.2) is 11.6 Å². The van der Waals surface area contributed by atoms with Gasteiger partial charge < -0.3 is 0 Å². The molecule has 1 nitrogen and oxygen atoms in total.